The van der Waals surface area contributed by atoms with Crippen LogP contribution in [0.4, 0.5) is 0 Å². The molecular weight excluding hydrogens is 206 g/mol. The SMILES string of the molecule is CC(CCNC(=S)NN)c1ccccc1. The highest BCUT2D eigenvalue weighted by molar-refractivity contribution is 7.80. The molecule has 0 aliphatic rings. The summed E-state index contributed by atoms with van der Waals surface area (Å²) in [7, 11) is 0. The van der Waals surface area contributed by atoms with Gasteiger partial charge in [0.05, 0.1) is 0 Å². The van der Waals surface area contributed by atoms with Crippen LogP contribution in [0, 0.1) is 0 Å². The van der Waals surface area contributed by atoms with E-state index in [1.165, 1.54) is 5.56 Å². The Hall–Kier alpha value is -1.13. The molecule has 1 unspecified atom stereocenters. The number of thiocarbonyl (C=S) groups is 1. The Morgan fingerprint density at radius 2 is 2.07 bits per heavy atom. The second kappa shape index (κ2) is 6.37. The molecule has 0 amide bonds. The van der Waals surface area contributed by atoms with E-state index in [4.69, 9.17) is 18.1 Å². The molecule has 0 saturated carbocycles. The Labute approximate surface area is 96.0 Å². The molecule has 0 heterocycles. The van der Waals surface area contributed by atoms with Gasteiger partial charge in [0, 0.05) is 6.54 Å². The van der Waals surface area contributed by atoms with Crippen molar-refractivity contribution in [3.8, 4) is 0 Å². The number of hydrogen-bond donors (Lipinski definition) is 3. The Morgan fingerprint density at radius 1 is 1.40 bits per heavy atom. The van der Waals surface area contributed by atoms with Crippen LogP contribution < -0.4 is 16.6 Å². The minimum Gasteiger partial charge on any atom is -0.362 e. The van der Waals surface area contributed by atoms with Crippen LogP contribution >= 0.6 is 12.2 Å². The van der Waals surface area contributed by atoms with Crippen LogP contribution in [-0.4, -0.2) is 11.7 Å². The zero-order valence-corrected chi connectivity index (χ0v) is 9.68. The van der Waals surface area contributed by atoms with Gasteiger partial charge in [0.25, 0.3) is 0 Å². The van der Waals surface area contributed by atoms with E-state index < -0.39 is 0 Å². The standard InChI is InChI=1S/C11H17N3S/c1-9(7-8-13-11(15)14-12)10-5-3-2-4-6-10/h2-6,9H,7-8,12H2,1H3,(H2,13,14,15). The van der Waals surface area contributed by atoms with Crippen LogP contribution in [0.2, 0.25) is 0 Å². The summed E-state index contributed by atoms with van der Waals surface area (Å²) in [6.45, 7) is 3.04. The fourth-order valence-electron chi connectivity index (χ4n) is 1.40. The van der Waals surface area contributed by atoms with Crippen molar-refractivity contribution in [1.29, 1.82) is 0 Å². The fraction of sp³-hybridized carbons (Fsp3) is 0.364. The van der Waals surface area contributed by atoms with Crippen LogP contribution in [-0.2, 0) is 0 Å². The van der Waals surface area contributed by atoms with Gasteiger partial charge >= 0.3 is 0 Å². The zero-order valence-electron chi connectivity index (χ0n) is 8.86. The van der Waals surface area contributed by atoms with Crippen LogP contribution in [0.1, 0.15) is 24.8 Å². The summed E-state index contributed by atoms with van der Waals surface area (Å²) in [6.07, 6.45) is 1.03. The van der Waals surface area contributed by atoms with Gasteiger partial charge in [-0.2, -0.15) is 0 Å². The maximum Gasteiger partial charge on any atom is 0.180 e. The number of hydrogen-bond acceptors (Lipinski definition) is 2. The summed E-state index contributed by atoms with van der Waals surface area (Å²) in [5.41, 5.74) is 3.75. The second-order valence-corrected chi connectivity index (χ2v) is 3.91. The molecule has 0 spiro atoms. The van der Waals surface area contributed by atoms with Crippen molar-refractivity contribution >= 4 is 17.3 Å². The van der Waals surface area contributed by atoms with Crippen LogP contribution in [0.25, 0.3) is 0 Å². The van der Waals surface area contributed by atoms with Crippen molar-refractivity contribution in [2.24, 2.45) is 5.84 Å². The molecule has 0 saturated heterocycles. The summed E-state index contributed by atoms with van der Waals surface area (Å²) in [4.78, 5) is 0. The molecule has 0 bridgehead atoms. The zero-order chi connectivity index (χ0) is 11.1. The van der Waals surface area contributed by atoms with Gasteiger partial charge < -0.3 is 10.7 Å². The molecule has 15 heavy (non-hydrogen) atoms. The minimum absolute atomic E-state index is 0.496. The van der Waals surface area contributed by atoms with Crippen LogP contribution in [0.15, 0.2) is 30.3 Å². The van der Waals surface area contributed by atoms with E-state index in [-0.39, 0.29) is 0 Å². The molecule has 0 aliphatic carbocycles. The average Bonchev–Trinajstić information content (AvgIpc) is 2.29. The van der Waals surface area contributed by atoms with Gasteiger partial charge in [0.15, 0.2) is 5.11 Å². The first-order valence-electron chi connectivity index (χ1n) is 5.03. The van der Waals surface area contributed by atoms with E-state index in [2.05, 4.69) is 41.9 Å². The van der Waals surface area contributed by atoms with E-state index in [9.17, 15) is 0 Å². The van der Waals surface area contributed by atoms with Gasteiger partial charge in [-0.3, -0.25) is 0 Å². The second-order valence-electron chi connectivity index (χ2n) is 3.50. The third-order valence-corrected chi connectivity index (χ3v) is 2.62. The lowest BCUT2D eigenvalue weighted by Gasteiger charge is -2.12. The lowest BCUT2D eigenvalue weighted by atomic mass is 9.98. The largest absolute Gasteiger partial charge is 0.362 e. The van der Waals surface area contributed by atoms with Crippen molar-refractivity contribution in [2.45, 2.75) is 19.3 Å². The van der Waals surface area contributed by atoms with E-state index >= 15 is 0 Å². The number of rotatable bonds is 4. The highest BCUT2D eigenvalue weighted by atomic mass is 32.1. The Kier molecular flexibility index (Phi) is 5.07. The summed E-state index contributed by atoms with van der Waals surface area (Å²) >= 11 is 4.88. The number of benzene rings is 1. The molecule has 0 fully saturated rings. The monoisotopic (exact) mass is 223 g/mol. The molecule has 4 heteroatoms. The van der Waals surface area contributed by atoms with Crippen LogP contribution in [0.5, 0.6) is 0 Å². The Morgan fingerprint density at radius 3 is 2.67 bits per heavy atom. The molecule has 1 aromatic rings. The minimum atomic E-state index is 0.496. The predicted octanol–water partition coefficient (Wildman–Crippen LogP) is 1.52. The summed E-state index contributed by atoms with van der Waals surface area (Å²) in [6, 6.07) is 10.4. The van der Waals surface area contributed by atoms with Gasteiger partial charge in [-0.1, -0.05) is 37.3 Å². The molecule has 3 nitrogen and oxygen atoms in total. The summed E-state index contributed by atoms with van der Waals surface area (Å²) < 4.78 is 0. The lowest BCUT2D eigenvalue weighted by Crippen LogP contribution is -2.40. The first-order valence-corrected chi connectivity index (χ1v) is 5.44. The smallest absolute Gasteiger partial charge is 0.180 e. The molecule has 1 rings (SSSR count). The van der Waals surface area contributed by atoms with Crippen molar-refractivity contribution in [1.82, 2.24) is 10.7 Å². The van der Waals surface area contributed by atoms with E-state index in [0.717, 1.165) is 13.0 Å². The maximum atomic E-state index is 5.15. The molecule has 0 radical (unpaired) electrons. The quantitative estimate of drug-likeness (QED) is 0.411. The Balaban J connectivity index is 2.31. The third kappa shape index (κ3) is 4.27. The molecule has 0 aromatic heterocycles. The number of nitrogens with one attached hydrogen (secondary N) is 2. The van der Waals surface area contributed by atoms with Crippen LogP contribution in [0.3, 0.4) is 0 Å². The summed E-state index contributed by atoms with van der Waals surface area (Å²) in [5, 5.41) is 3.52. The lowest BCUT2D eigenvalue weighted by molar-refractivity contribution is 0.658. The Bertz CT molecular complexity index is 300. The maximum absolute atomic E-state index is 5.15. The van der Waals surface area contributed by atoms with Gasteiger partial charge in [-0.05, 0) is 30.1 Å². The predicted molar refractivity (Wildman–Crippen MR) is 67.4 cm³/mol. The van der Waals surface area contributed by atoms with Crippen molar-refractivity contribution < 1.29 is 0 Å². The molecule has 1 atom stereocenters. The van der Waals surface area contributed by atoms with Gasteiger partial charge in [-0.25, -0.2) is 5.84 Å². The molecule has 0 aliphatic heterocycles. The molecule has 1 aromatic carbocycles. The third-order valence-electron chi connectivity index (χ3n) is 2.36. The van der Waals surface area contributed by atoms with Crippen molar-refractivity contribution in [3.63, 3.8) is 0 Å². The highest BCUT2D eigenvalue weighted by Crippen LogP contribution is 2.17. The normalized spacial score (nSPS) is 11.9. The first kappa shape index (κ1) is 11.9. The number of nitrogens with two attached hydrogens (primary N) is 1. The topological polar surface area (TPSA) is 50.1 Å². The molecule has 4 N–H and O–H groups in total. The first-order chi connectivity index (χ1) is 7.24. The van der Waals surface area contributed by atoms with Crippen molar-refractivity contribution in [2.75, 3.05) is 6.54 Å². The van der Waals surface area contributed by atoms with Gasteiger partial charge in [0.1, 0.15) is 0 Å². The van der Waals surface area contributed by atoms with E-state index in [1.54, 1.807) is 0 Å². The summed E-state index contributed by atoms with van der Waals surface area (Å²) in [5.74, 6) is 5.67. The molecule has 82 valence electrons. The number of hydrazine groups is 1. The van der Waals surface area contributed by atoms with Gasteiger partial charge in [0.2, 0.25) is 0 Å². The van der Waals surface area contributed by atoms with Crippen molar-refractivity contribution in [3.05, 3.63) is 35.9 Å². The van der Waals surface area contributed by atoms with Gasteiger partial charge in [-0.15, -0.1) is 0 Å². The fourth-order valence-corrected chi connectivity index (χ4v) is 1.50. The average molecular weight is 223 g/mol. The molecular formula is C11H17N3S. The highest BCUT2D eigenvalue weighted by Gasteiger charge is 2.04. The van der Waals surface area contributed by atoms with E-state index in [1.807, 2.05) is 6.07 Å². The van der Waals surface area contributed by atoms with E-state index in [0.29, 0.717) is 11.0 Å².